The normalized spacial score (nSPS) is 10.9. The standard InChI is InChI=1S/C14H17Cl3N2O3.ClH/c1-4-18(16)19(13(21)22-17)14(2,3)9-12(20)10-5-7-11(15)8-6-10;/h5-8H,4,9H2,1-3H3;1H. The van der Waals surface area contributed by atoms with E-state index in [1.807, 2.05) is 0 Å². The van der Waals surface area contributed by atoms with E-state index >= 15 is 0 Å². The maximum absolute atomic E-state index is 12.4. The first kappa shape index (κ1) is 22.3. The van der Waals surface area contributed by atoms with Crippen molar-refractivity contribution < 1.29 is 13.9 Å². The average molecular weight is 404 g/mol. The summed E-state index contributed by atoms with van der Waals surface area (Å²) >= 11 is 17.0. The van der Waals surface area contributed by atoms with Crippen LogP contribution in [0.25, 0.3) is 0 Å². The Balaban J connectivity index is 0.00000484. The van der Waals surface area contributed by atoms with Gasteiger partial charge in [-0.2, -0.15) is 0 Å². The summed E-state index contributed by atoms with van der Waals surface area (Å²) in [6, 6.07) is 6.52. The van der Waals surface area contributed by atoms with Gasteiger partial charge in [-0.25, -0.2) is 9.80 Å². The molecular weight excluding hydrogens is 386 g/mol. The Morgan fingerprint density at radius 2 is 1.74 bits per heavy atom. The number of amides is 1. The van der Waals surface area contributed by atoms with E-state index in [4.69, 9.17) is 35.2 Å². The zero-order chi connectivity index (χ0) is 16.9. The second-order valence-electron chi connectivity index (χ2n) is 5.23. The lowest BCUT2D eigenvalue weighted by Crippen LogP contribution is -2.54. The topological polar surface area (TPSA) is 49.9 Å². The lowest BCUT2D eigenvalue weighted by atomic mass is 9.93. The van der Waals surface area contributed by atoms with E-state index in [9.17, 15) is 9.59 Å². The maximum Gasteiger partial charge on any atom is 0.444 e. The van der Waals surface area contributed by atoms with Gasteiger partial charge in [-0.1, -0.05) is 11.6 Å². The predicted octanol–water partition coefficient (Wildman–Crippen LogP) is 5.10. The maximum atomic E-state index is 12.4. The highest BCUT2D eigenvalue weighted by atomic mass is 35.5. The Morgan fingerprint density at radius 3 is 2.17 bits per heavy atom. The Labute approximate surface area is 157 Å². The van der Waals surface area contributed by atoms with Crippen molar-refractivity contribution in [2.45, 2.75) is 32.7 Å². The molecule has 23 heavy (non-hydrogen) atoms. The number of nitrogens with zero attached hydrogens (tertiary/aromatic N) is 2. The fourth-order valence-corrected chi connectivity index (χ4v) is 2.47. The zero-order valence-electron chi connectivity index (χ0n) is 12.9. The molecule has 0 bridgehead atoms. The van der Waals surface area contributed by atoms with Crippen molar-refractivity contribution in [1.82, 2.24) is 9.54 Å². The van der Waals surface area contributed by atoms with E-state index < -0.39 is 11.6 Å². The lowest BCUT2D eigenvalue weighted by Gasteiger charge is -2.39. The van der Waals surface area contributed by atoms with Gasteiger partial charge in [0, 0.05) is 35.3 Å². The van der Waals surface area contributed by atoms with Crippen molar-refractivity contribution in [2.24, 2.45) is 0 Å². The summed E-state index contributed by atoms with van der Waals surface area (Å²) in [5, 5.41) is 1.65. The van der Waals surface area contributed by atoms with Crippen molar-refractivity contribution in [1.29, 1.82) is 0 Å². The summed E-state index contributed by atoms with van der Waals surface area (Å²) in [5.74, 6) is -0.157. The first-order valence-electron chi connectivity index (χ1n) is 6.57. The summed E-state index contributed by atoms with van der Waals surface area (Å²) in [7, 11) is 0. The van der Waals surface area contributed by atoms with Crippen LogP contribution in [0.4, 0.5) is 4.79 Å². The third-order valence-corrected chi connectivity index (χ3v) is 3.82. The van der Waals surface area contributed by atoms with Crippen molar-refractivity contribution in [3.8, 4) is 0 Å². The van der Waals surface area contributed by atoms with Gasteiger partial charge in [0.05, 0.1) is 5.54 Å². The monoisotopic (exact) mass is 402 g/mol. The van der Waals surface area contributed by atoms with Crippen LogP contribution in [0.2, 0.25) is 5.02 Å². The van der Waals surface area contributed by atoms with Crippen LogP contribution in [-0.2, 0) is 4.29 Å². The van der Waals surface area contributed by atoms with Crippen molar-refractivity contribution in [3.63, 3.8) is 0 Å². The molecule has 0 aliphatic carbocycles. The summed E-state index contributed by atoms with van der Waals surface area (Å²) in [6.45, 7) is 5.46. The highest BCUT2D eigenvalue weighted by molar-refractivity contribution is 6.30. The molecule has 0 fully saturated rings. The van der Waals surface area contributed by atoms with Crippen molar-refractivity contribution >= 4 is 59.5 Å². The number of hydrogen-bond donors (Lipinski definition) is 0. The Bertz CT molecular complexity index is 537. The smallest absolute Gasteiger partial charge is 0.329 e. The van der Waals surface area contributed by atoms with Crippen LogP contribution in [0.3, 0.4) is 0 Å². The third-order valence-electron chi connectivity index (χ3n) is 3.05. The van der Waals surface area contributed by atoms with Crippen LogP contribution in [0, 0.1) is 0 Å². The number of Topliss-reactive ketones (excluding diaryl/α,β-unsaturated/α-hetero) is 1. The van der Waals surface area contributed by atoms with Gasteiger partial charge in [-0.3, -0.25) is 4.79 Å². The number of benzene rings is 1. The molecule has 1 amide bonds. The molecule has 0 aliphatic rings. The molecule has 1 aromatic rings. The molecule has 0 unspecified atom stereocenters. The van der Waals surface area contributed by atoms with Gasteiger partial charge in [0.15, 0.2) is 5.78 Å². The SMILES string of the molecule is CCN(Cl)N(C(=O)OCl)C(C)(C)CC(=O)c1ccc(Cl)cc1.Cl. The van der Waals surface area contributed by atoms with E-state index in [0.717, 1.165) is 9.54 Å². The molecular formula is C14H18Cl4N2O3. The molecule has 0 atom stereocenters. The van der Waals surface area contributed by atoms with Crippen LogP contribution >= 0.6 is 47.7 Å². The molecule has 130 valence electrons. The van der Waals surface area contributed by atoms with Crippen LogP contribution in [0.5, 0.6) is 0 Å². The molecule has 0 saturated heterocycles. The Morgan fingerprint density at radius 1 is 1.22 bits per heavy atom. The molecule has 0 N–H and O–H groups in total. The molecule has 0 aromatic heterocycles. The highest BCUT2D eigenvalue weighted by Gasteiger charge is 2.38. The number of ketones is 1. The highest BCUT2D eigenvalue weighted by Crippen LogP contribution is 2.26. The molecule has 0 radical (unpaired) electrons. The van der Waals surface area contributed by atoms with Gasteiger partial charge in [0.25, 0.3) is 0 Å². The van der Waals surface area contributed by atoms with Crippen LogP contribution < -0.4 is 0 Å². The second kappa shape index (κ2) is 9.55. The minimum absolute atomic E-state index is 0. The van der Waals surface area contributed by atoms with Gasteiger partial charge < -0.3 is 4.29 Å². The molecule has 5 nitrogen and oxygen atoms in total. The summed E-state index contributed by atoms with van der Waals surface area (Å²) in [4.78, 5) is 24.2. The van der Waals surface area contributed by atoms with Crippen molar-refractivity contribution in [2.75, 3.05) is 6.54 Å². The number of hydrogen-bond acceptors (Lipinski definition) is 4. The second-order valence-corrected chi connectivity index (χ2v) is 6.21. The molecule has 0 saturated carbocycles. The van der Waals surface area contributed by atoms with Crippen LogP contribution in [0.1, 0.15) is 37.6 Å². The molecule has 1 rings (SSSR count). The summed E-state index contributed by atoms with van der Waals surface area (Å²) < 4.78 is 5.35. The Hall–Kier alpha value is -0.720. The van der Waals surface area contributed by atoms with E-state index in [0.29, 0.717) is 17.1 Å². The summed E-state index contributed by atoms with van der Waals surface area (Å²) in [5.41, 5.74) is -0.435. The van der Waals surface area contributed by atoms with E-state index in [1.165, 1.54) is 0 Å². The predicted molar refractivity (Wildman–Crippen MR) is 94.1 cm³/mol. The molecule has 9 heteroatoms. The van der Waals surface area contributed by atoms with E-state index in [2.05, 4.69) is 4.29 Å². The van der Waals surface area contributed by atoms with Gasteiger partial charge in [-0.15, -0.1) is 16.9 Å². The number of carbonyl (C=O) groups excluding carboxylic acids is 2. The fraction of sp³-hybridized carbons (Fsp3) is 0.429. The van der Waals surface area contributed by atoms with Crippen molar-refractivity contribution in [3.05, 3.63) is 34.9 Å². The molecule has 1 aromatic carbocycles. The number of halogens is 4. The first-order valence-corrected chi connectivity index (χ1v) is 7.60. The van der Waals surface area contributed by atoms with Gasteiger partial charge >= 0.3 is 6.09 Å². The molecule has 0 spiro atoms. The fourth-order valence-electron chi connectivity index (χ4n) is 2.01. The number of carbonyl (C=O) groups is 2. The quantitative estimate of drug-likeness (QED) is 0.376. The van der Waals surface area contributed by atoms with Gasteiger partial charge in [0.1, 0.15) is 11.9 Å². The Kier molecular flexibility index (Phi) is 9.25. The molecule has 0 heterocycles. The van der Waals surface area contributed by atoms with Gasteiger partial charge in [0.2, 0.25) is 0 Å². The minimum Gasteiger partial charge on any atom is -0.329 e. The minimum atomic E-state index is -0.930. The van der Waals surface area contributed by atoms with Crippen LogP contribution in [-0.4, -0.2) is 33.5 Å². The zero-order valence-corrected chi connectivity index (χ0v) is 16.0. The van der Waals surface area contributed by atoms with Crippen LogP contribution in [0.15, 0.2) is 24.3 Å². The van der Waals surface area contributed by atoms with E-state index in [-0.39, 0.29) is 24.6 Å². The third kappa shape index (κ3) is 6.01. The number of rotatable bonds is 6. The summed E-state index contributed by atoms with van der Waals surface area (Å²) in [6.07, 6.45) is -0.823. The first-order chi connectivity index (χ1) is 10.2. The number of hydrazine groups is 1. The van der Waals surface area contributed by atoms with E-state index in [1.54, 1.807) is 45.0 Å². The average Bonchev–Trinajstić information content (AvgIpc) is 2.46. The molecule has 0 aliphatic heterocycles. The largest absolute Gasteiger partial charge is 0.444 e. The van der Waals surface area contributed by atoms with Gasteiger partial charge in [-0.05, 0) is 45.0 Å². The lowest BCUT2D eigenvalue weighted by molar-refractivity contribution is -0.00798.